The van der Waals surface area contributed by atoms with Crippen LogP contribution in [-0.2, 0) is 4.74 Å². The van der Waals surface area contributed by atoms with Gasteiger partial charge in [0.1, 0.15) is 4.88 Å². The zero-order chi connectivity index (χ0) is 11.4. The Morgan fingerprint density at radius 1 is 1.67 bits per heavy atom. The number of anilines is 1. The van der Waals surface area contributed by atoms with Gasteiger partial charge in [-0.25, -0.2) is 4.79 Å². The van der Waals surface area contributed by atoms with E-state index in [4.69, 9.17) is 4.74 Å². The summed E-state index contributed by atoms with van der Waals surface area (Å²) in [6, 6.07) is 2.19. The first-order chi connectivity index (χ1) is 7.04. The Morgan fingerprint density at radius 2 is 2.33 bits per heavy atom. The molecule has 0 saturated heterocycles. The van der Waals surface area contributed by atoms with Crippen molar-refractivity contribution in [1.29, 1.82) is 0 Å². The monoisotopic (exact) mass is 291 g/mol. The molecule has 0 radical (unpaired) electrons. The van der Waals surface area contributed by atoms with Gasteiger partial charge in [0.25, 0.3) is 0 Å². The van der Waals surface area contributed by atoms with E-state index < -0.39 is 0 Å². The molecule has 1 rings (SSSR count). The summed E-state index contributed by atoms with van der Waals surface area (Å²) >= 11 is 4.75. The average molecular weight is 292 g/mol. The highest BCUT2D eigenvalue weighted by atomic mass is 79.9. The topological polar surface area (TPSA) is 38.3 Å². The molecular formula is C10H14BrNO2S. The van der Waals surface area contributed by atoms with Crippen LogP contribution in [0.3, 0.4) is 0 Å². The van der Waals surface area contributed by atoms with E-state index in [0.29, 0.717) is 17.5 Å². The Hall–Kier alpha value is -0.550. The Kier molecular flexibility index (Phi) is 4.60. The van der Waals surface area contributed by atoms with Crippen molar-refractivity contribution in [1.82, 2.24) is 0 Å². The van der Waals surface area contributed by atoms with Gasteiger partial charge in [0.15, 0.2) is 0 Å². The van der Waals surface area contributed by atoms with Crippen LogP contribution in [0.15, 0.2) is 9.85 Å². The van der Waals surface area contributed by atoms with E-state index in [2.05, 4.69) is 21.2 Å². The van der Waals surface area contributed by atoms with Crippen molar-refractivity contribution in [2.75, 3.05) is 11.9 Å². The van der Waals surface area contributed by atoms with Crippen molar-refractivity contribution in [2.45, 2.75) is 26.8 Å². The van der Waals surface area contributed by atoms with Gasteiger partial charge >= 0.3 is 5.97 Å². The van der Waals surface area contributed by atoms with E-state index in [1.54, 1.807) is 6.92 Å². The van der Waals surface area contributed by atoms with E-state index in [-0.39, 0.29) is 5.97 Å². The van der Waals surface area contributed by atoms with Gasteiger partial charge in [-0.3, -0.25) is 0 Å². The van der Waals surface area contributed by atoms with Crippen LogP contribution in [0.5, 0.6) is 0 Å². The molecule has 0 aromatic carbocycles. The first-order valence-electron chi connectivity index (χ1n) is 4.77. The van der Waals surface area contributed by atoms with Crippen LogP contribution in [-0.4, -0.2) is 18.6 Å². The molecule has 0 atom stereocenters. The standard InChI is InChI=1S/C10H14BrNO2S/c1-4-14-10(13)9-7(12-6(2)3)5-8(11)15-9/h5-6,12H,4H2,1-3H3. The second-order valence-corrected chi connectivity index (χ2v) is 5.74. The van der Waals surface area contributed by atoms with Crippen molar-refractivity contribution in [3.63, 3.8) is 0 Å². The predicted molar refractivity (Wildman–Crippen MR) is 66.7 cm³/mol. The van der Waals surface area contributed by atoms with Gasteiger partial charge in [-0.2, -0.15) is 0 Å². The van der Waals surface area contributed by atoms with Gasteiger partial charge in [-0.1, -0.05) is 0 Å². The fraction of sp³-hybridized carbons (Fsp3) is 0.500. The van der Waals surface area contributed by atoms with E-state index in [9.17, 15) is 4.79 Å². The number of esters is 1. The number of carbonyl (C=O) groups is 1. The largest absolute Gasteiger partial charge is 0.462 e. The molecule has 1 heterocycles. The fourth-order valence-electron chi connectivity index (χ4n) is 1.13. The highest BCUT2D eigenvalue weighted by Crippen LogP contribution is 2.32. The lowest BCUT2D eigenvalue weighted by Crippen LogP contribution is -2.12. The normalized spacial score (nSPS) is 10.5. The number of carbonyl (C=O) groups excluding carboxylic acids is 1. The molecule has 0 bridgehead atoms. The number of ether oxygens (including phenoxy) is 1. The maximum atomic E-state index is 11.6. The maximum absolute atomic E-state index is 11.6. The highest BCUT2D eigenvalue weighted by molar-refractivity contribution is 9.11. The zero-order valence-electron chi connectivity index (χ0n) is 8.96. The molecule has 84 valence electrons. The molecule has 0 amide bonds. The summed E-state index contributed by atoms with van der Waals surface area (Å²) in [6.45, 7) is 6.26. The second-order valence-electron chi connectivity index (χ2n) is 3.31. The van der Waals surface area contributed by atoms with Gasteiger partial charge in [0, 0.05) is 6.04 Å². The van der Waals surface area contributed by atoms with Crippen molar-refractivity contribution in [3.05, 3.63) is 14.7 Å². The lowest BCUT2D eigenvalue weighted by molar-refractivity contribution is 0.0533. The average Bonchev–Trinajstić information content (AvgIpc) is 2.46. The first-order valence-corrected chi connectivity index (χ1v) is 6.38. The number of nitrogens with one attached hydrogen (secondary N) is 1. The third-order valence-electron chi connectivity index (χ3n) is 1.61. The molecule has 0 fully saturated rings. The molecule has 0 aliphatic rings. The van der Waals surface area contributed by atoms with Crippen LogP contribution >= 0.6 is 27.3 Å². The number of hydrogen-bond donors (Lipinski definition) is 1. The van der Waals surface area contributed by atoms with Crippen molar-refractivity contribution in [2.24, 2.45) is 0 Å². The van der Waals surface area contributed by atoms with Crippen LogP contribution in [0.1, 0.15) is 30.4 Å². The first kappa shape index (κ1) is 12.5. The second kappa shape index (κ2) is 5.51. The number of thiophene rings is 1. The van der Waals surface area contributed by atoms with Crippen molar-refractivity contribution >= 4 is 38.9 Å². The minimum atomic E-state index is -0.267. The molecule has 0 spiro atoms. The quantitative estimate of drug-likeness (QED) is 0.863. The van der Waals surface area contributed by atoms with Crippen LogP contribution < -0.4 is 5.32 Å². The molecule has 5 heteroatoms. The molecule has 0 aliphatic carbocycles. The number of hydrogen-bond acceptors (Lipinski definition) is 4. The Balaban J connectivity index is 2.90. The minimum Gasteiger partial charge on any atom is -0.462 e. The fourth-order valence-corrected chi connectivity index (χ4v) is 2.58. The lowest BCUT2D eigenvalue weighted by Gasteiger charge is -2.09. The predicted octanol–water partition coefficient (Wildman–Crippen LogP) is 3.51. The minimum absolute atomic E-state index is 0.267. The molecular weight excluding hydrogens is 278 g/mol. The molecule has 1 aromatic heterocycles. The lowest BCUT2D eigenvalue weighted by atomic mass is 10.3. The Labute approximate surface area is 102 Å². The van der Waals surface area contributed by atoms with Gasteiger partial charge in [-0.15, -0.1) is 11.3 Å². The van der Waals surface area contributed by atoms with Gasteiger partial charge in [0.2, 0.25) is 0 Å². The Bertz CT molecular complexity index is 349. The highest BCUT2D eigenvalue weighted by Gasteiger charge is 2.16. The van der Waals surface area contributed by atoms with E-state index >= 15 is 0 Å². The molecule has 0 unspecified atom stereocenters. The third kappa shape index (κ3) is 3.50. The summed E-state index contributed by atoms with van der Waals surface area (Å²) in [4.78, 5) is 12.2. The number of halogens is 1. The third-order valence-corrected chi connectivity index (χ3v) is 3.23. The molecule has 0 aliphatic heterocycles. The smallest absolute Gasteiger partial charge is 0.350 e. The van der Waals surface area contributed by atoms with E-state index in [0.717, 1.165) is 9.47 Å². The Morgan fingerprint density at radius 3 is 2.87 bits per heavy atom. The van der Waals surface area contributed by atoms with Crippen molar-refractivity contribution < 1.29 is 9.53 Å². The summed E-state index contributed by atoms with van der Waals surface area (Å²) in [7, 11) is 0. The number of rotatable bonds is 4. The van der Waals surface area contributed by atoms with Crippen LogP contribution in [0.4, 0.5) is 5.69 Å². The summed E-state index contributed by atoms with van der Waals surface area (Å²) in [6.07, 6.45) is 0. The summed E-state index contributed by atoms with van der Waals surface area (Å²) in [5, 5.41) is 3.21. The SMILES string of the molecule is CCOC(=O)c1sc(Br)cc1NC(C)C. The summed E-state index contributed by atoms with van der Waals surface area (Å²) in [5.74, 6) is -0.267. The van der Waals surface area contributed by atoms with Crippen LogP contribution in [0.2, 0.25) is 0 Å². The molecule has 1 aromatic rings. The van der Waals surface area contributed by atoms with Crippen molar-refractivity contribution in [3.8, 4) is 0 Å². The van der Waals surface area contributed by atoms with Crippen LogP contribution in [0.25, 0.3) is 0 Å². The zero-order valence-corrected chi connectivity index (χ0v) is 11.4. The van der Waals surface area contributed by atoms with Gasteiger partial charge in [0.05, 0.1) is 16.1 Å². The van der Waals surface area contributed by atoms with E-state index in [1.165, 1.54) is 11.3 Å². The molecule has 15 heavy (non-hydrogen) atoms. The molecule has 0 saturated carbocycles. The van der Waals surface area contributed by atoms with Gasteiger partial charge < -0.3 is 10.1 Å². The summed E-state index contributed by atoms with van der Waals surface area (Å²) < 4.78 is 5.90. The van der Waals surface area contributed by atoms with Crippen LogP contribution in [0, 0.1) is 0 Å². The van der Waals surface area contributed by atoms with Gasteiger partial charge in [-0.05, 0) is 42.8 Å². The summed E-state index contributed by atoms with van der Waals surface area (Å²) in [5.41, 5.74) is 0.834. The molecule has 3 nitrogen and oxygen atoms in total. The van der Waals surface area contributed by atoms with E-state index in [1.807, 2.05) is 19.9 Å². The molecule has 1 N–H and O–H groups in total. The maximum Gasteiger partial charge on any atom is 0.350 e.